The van der Waals surface area contributed by atoms with Crippen LogP contribution in [0.2, 0.25) is 0 Å². The van der Waals surface area contributed by atoms with Gasteiger partial charge in [-0.3, -0.25) is 9.78 Å². The van der Waals surface area contributed by atoms with Crippen LogP contribution < -0.4 is 5.32 Å². The van der Waals surface area contributed by atoms with E-state index in [-0.39, 0.29) is 17.2 Å². The number of hydrogen-bond donors (Lipinski definition) is 1. The number of sulfonamides is 1. The molecule has 7 heteroatoms. The van der Waals surface area contributed by atoms with Crippen molar-refractivity contribution in [2.45, 2.75) is 44.4 Å². The summed E-state index contributed by atoms with van der Waals surface area (Å²) >= 11 is 0. The fourth-order valence-corrected chi connectivity index (χ4v) is 5.75. The Morgan fingerprint density at radius 1 is 1.03 bits per heavy atom. The number of carbonyl (C=O) groups excluding carboxylic acids is 1. The van der Waals surface area contributed by atoms with Gasteiger partial charge >= 0.3 is 0 Å². The van der Waals surface area contributed by atoms with Crippen LogP contribution in [0.15, 0.2) is 53.4 Å². The number of hydrogen-bond acceptors (Lipinski definition) is 4. The predicted molar refractivity (Wildman–Crippen MR) is 123 cm³/mol. The van der Waals surface area contributed by atoms with Crippen LogP contribution in [0.3, 0.4) is 0 Å². The molecule has 1 fully saturated rings. The van der Waals surface area contributed by atoms with Crippen molar-refractivity contribution in [3.63, 3.8) is 0 Å². The van der Waals surface area contributed by atoms with Gasteiger partial charge in [0.05, 0.1) is 16.8 Å². The van der Waals surface area contributed by atoms with Crippen LogP contribution in [0.1, 0.15) is 36.1 Å². The van der Waals surface area contributed by atoms with Crippen molar-refractivity contribution in [2.75, 3.05) is 18.4 Å². The number of piperidine rings is 1. The third kappa shape index (κ3) is 4.48. The minimum atomic E-state index is -3.54. The molecular weight excluding hydrogens is 410 g/mol. The van der Waals surface area contributed by atoms with E-state index in [1.54, 1.807) is 24.3 Å². The zero-order valence-electron chi connectivity index (χ0n) is 17.9. The zero-order valence-corrected chi connectivity index (χ0v) is 18.7. The summed E-state index contributed by atoms with van der Waals surface area (Å²) in [5.74, 6) is -0.198. The minimum Gasteiger partial charge on any atom is -0.326 e. The number of anilines is 1. The molecule has 0 saturated carbocycles. The third-order valence-electron chi connectivity index (χ3n) is 5.89. The van der Waals surface area contributed by atoms with E-state index in [4.69, 9.17) is 0 Å². The molecule has 31 heavy (non-hydrogen) atoms. The number of aryl methyl sites for hydroxylation is 2. The van der Waals surface area contributed by atoms with Gasteiger partial charge in [0.15, 0.2) is 0 Å². The number of nitrogens with zero attached hydrogens (tertiary/aromatic N) is 2. The van der Waals surface area contributed by atoms with Gasteiger partial charge in [0.1, 0.15) is 0 Å². The van der Waals surface area contributed by atoms with Gasteiger partial charge in [0.25, 0.3) is 0 Å². The monoisotopic (exact) mass is 437 g/mol. The molecule has 1 aliphatic heterocycles. The Kier molecular flexibility index (Phi) is 6.07. The first-order valence-electron chi connectivity index (χ1n) is 10.6. The molecule has 2 aromatic carbocycles. The number of aromatic nitrogens is 1. The van der Waals surface area contributed by atoms with Crippen molar-refractivity contribution in [1.29, 1.82) is 0 Å². The molecule has 1 N–H and O–H groups in total. The molecule has 6 nitrogen and oxygen atoms in total. The standard InChI is InChI=1S/C24H27N3O3S/c1-17-21-11-4-5-12-23(21)25-18(2)22(17)16-24(28)26-19-9-8-10-20(15-19)31(29,30)27-13-6-3-7-14-27/h4-5,8-12,15H,3,6-7,13-14,16H2,1-2H3,(H,26,28). The summed E-state index contributed by atoms with van der Waals surface area (Å²) in [5, 5.41) is 3.89. The highest BCUT2D eigenvalue weighted by Crippen LogP contribution is 2.25. The van der Waals surface area contributed by atoms with Crippen molar-refractivity contribution in [3.05, 3.63) is 65.4 Å². The quantitative estimate of drug-likeness (QED) is 0.649. The van der Waals surface area contributed by atoms with Crippen LogP contribution in [-0.4, -0.2) is 36.7 Å². The molecule has 162 valence electrons. The largest absolute Gasteiger partial charge is 0.326 e. The molecule has 1 aliphatic rings. The van der Waals surface area contributed by atoms with Gasteiger partial charge in [-0.25, -0.2) is 8.42 Å². The fourth-order valence-electron chi connectivity index (χ4n) is 4.19. The molecule has 0 unspecified atom stereocenters. The fraction of sp³-hybridized carbons (Fsp3) is 0.333. The summed E-state index contributed by atoms with van der Waals surface area (Å²) in [6.45, 7) is 5.01. The Morgan fingerprint density at radius 3 is 2.55 bits per heavy atom. The first-order chi connectivity index (χ1) is 14.9. The molecule has 0 aliphatic carbocycles. The summed E-state index contributed by atoms with van der Waals surface area (Å²) in [4.78, 5) is 17.6. The molecule has 1 amide bonds. The number of pyridine rings is 1. The Balaban J connectivity index is 1.53. The zero-order chi connectivity index (χ0) is 22.0. The van der Waals surface area contributed by atoms with E-state index >= 15 is 0 Å². The maximum absolute atomic E-state index is 12.9. The molecule has 1 aromatic heterocycles. The molecule has 3 aromatic rings. The van der Waals surface area contributed by atoms with Crippen molar-refractivity contribution >= 4 is 32.5 Å². The van der Waals surface area contributed by atoms with Crippen molar-refractivity contribution in [3.8, 4) is 0 Å². The van der Waals surface area contributed by atoms with E-state index in [0.29, 0.717) is 18.8 Å². The highest BCUT2D eigenvalue weighted by atomic mass is 32.2. The van der Waals surface area contributed by atoms with E-state index in [1.165, 1.54) is 4.31 Å². The van der Waals surface area contributed by atoms with Gasteiger partial charge in [-0.05, 0) is 62.1 Å². The molecule has 0 spiro atoms. The molecule has 4 rings (SSSR count). The van der Waals surface area contributed by atoms with E-state index in [0.717, 1.165) is 47.0 Å². The third-order valence-corrected chi connectivity index (χ3v) is 7.79. The molecule has 0 bridgehead atoms. The van der Waals surface area contributed by atoms with Crippen LogP contribution in [0.5, 0.6) is 0 Å². The highest BCUT2D eigenvalue weighted by Gasteiger charge is 2.26. The molecular formula is C24H27N3O3S. The number of para-hydroxylation sites is 1. The van der Waals surface area contributed by atoms with E-state index in [1.807, 2.05) is 38.1 Å². The number of fused-ring (bicyclic) bond motifs is 1. The Morgan fingerprint density at radius 2 is 1.77 bits per heavy atom. The lowest BCUT2D eigenvalue weighted by Gasteiger charge is -2.26. The van der Waals surface area contributed by atoms with Gasteiger partial charge in [-0.2, -0.15) is 4.31 Å². The maximum atomic E-state index is 12.9. The Labute approximate surface area is 183 Å². The number of rotatable bonds is 5. The lowest BCUT2D eigenvalue weighted by atomic mass is 9.99. The lowest BCUT2D eigenvalue weighted by Crippen LogP contribution is -2.35. The van der Waals surface area contributed by atoms with Crippen molar-refractivity contribution in [1.82, 2.24) is 9.29 Å². The van der Waals surface area contributed by atoms with Crippen LogP contribution in [0, 0.1) is 13.8 Å². The van der Waals surface area contributed by atoms with E-state index in [2.05, 4.69) is 10.3 Å². The summed E-state index contributed by atoms with van der Waals surface area (Å²) in [5.41, 5.74) is 4.16. The van der Waals surface area contributed by atoms with Crippen LogP contribution in [0.25, 0.3) is 10.9 Å². The van der Waals surface area contributed by atoms with Crippen molar-refractivity contribution < 1.29 is 13.2 Å². The van der Waals surface area contributed by atoms with E-state index < -0.39 is 10.0 Å². The summed E-state index contributed by atoms with van der Waals surface area (Å²) in [6.07, 6.45) is 3.01. The molecule has 1 saturated heterocycles. The molecule has 0 atom stereocenters. The second-order valence-corrected chi connectivity index (χ2v) is 9.97. The van der Waals surface area contributed by atoms with Gasteiger partial charge in [-0.15, -0.1) is 0 Å². The van der Waals surface area contributed by atoms with Gasteiger partial charge in [-0.1, -0.05) is 30.7 Å². The average molecular weight is 438 g/mol. The summed E-state index contributed by atoms with van der Waals surface area (Å²) in [6, 6.07) is 14.4. The van der Waals surface area contributed by atoms with E-state index in [9.17, 15) is 13.2 Å². The highest BCUT2D eigenvalue weighted by molar-refractivity contribution is 7.89. The number of carbonyl (C=O) groups is 1. The van der Waals surface area contributed by atoms with Gasteiger partial charge in [0, 0.05) is 29.9 Å². The topological polar surface area (TPSA) is 79.4 Å². The van der Waals surface area contributed by atoms with Gasteiger partial charge < -0.3 is 5.32 Å². The Hall–Kier alpha value is -2.77. The summed E-state index contributed by atoms with van der Waals surface area (Å²) < 4.78 is 27.4. The predicted octanol–water partition coefficient (Wildman–Crippen LogP) is 4.21. The van der Waals surface area contributed by atoms with Crippen LogP contribution in [0.4, 0.5) is 5.69 Å². The van der Waals surface area contributed by atoms with Crippen molar-refractivity contribution in [2.24, 2.45) is 0 Å². The number of nitrogens with one attached hydrogen (secondary N) is 1. The second-order valence-electron chi connectivity index (χ2n) is 8.04. The average Bonchev–Trinajstić information content (AvgIpc) is 2.77. The smallest absolute Gasteiger partial charge is 0.243 e. The maximum Gasteiger partial charge on any atom is 0.243 e. The normalized spacial score (nSPS) is 15.2. The minimum absolute atomic E-state index is 0.179. The lowest BCUT2D eigenvalue weighted by molar-refractivity contribution is -0.115. The summed E-state index contributed by atoms with van der Waals surface area (Å²) in [7, 11) is -3.54. The Bertz CT molecular complexity index is 1230. The molecule has 2 heterocycles. The number of amides is 1. The van der Waals surface area contributed by atoms with Gasteiger partial charge in [0.2, 0.25) is 15.9 Å². The SMILES string of the molecule is Cc1nc2ccccc2c(C)c1CC(=O)Nc1cccc(S(=O)(=O)N2CCCCC2)c1. The molecule has 0 radical (unpaired) electrons. The second kappa shape index (κ2) is 8.77. The van der Waals surface area contributed by atoms with Crippen LogP contribution in [-0.2, 0) is 21.2 Å². The van der Waals surface area contributed by atoms with Crippen LogP contribution >= 0.6 is 0 Å². The first kappa shape index (κ1) is 21.5. The number of benzene rings is 2. The first-order valence-corrected chi connectivity index (χ1v) is 12.0.